The fourth-order valence-electron chi connectivity index (χ4n) is 2.38. The van der Waals surface area contributed by atoms with E-state index in [0.717, 1.165) is 5.69 Å². The zero-order valence-electron chi connectivity index (χ0n) is 9.61. The van der Waals surface area contributed by atoms with Crippen molar-refractivity contribution in [1.82, 2.24) is 0 Å². The van der Waals surface area contributed by atoms with Gasteiger partial charge in [0.25, 0.3) is 0 Å². The van der Waals surface area contributed by atoms with Crippen molar-refractivity contribution in [3.05, 3.63) is 30.3 Å². The summed E-state index contributed by atoms with van der Waals surface area (Å²) in [6.07, 6.45) is 3.96. The lowest BCUT2D eigenvalue weighted by molar-refractivity contribution is 0.488. The first-order chi connectivity index (χ1) is 7.27. The zero-order valence-corrected chi connectivity index (χ0v) is 9.61. The standard InChI is InChI=1S/C14H19N/c1-11-7-6-8-12(2)14(11)15-13-9-4-3-5-10-13/h3-5,9-12H,6-8H2,1-2H3. The summed E-state index contributed by atoms with van der Waals surface area (Å²) in [4.78, 5) is 4.80. The topological polar surface area (TPSA) is 12.4 Å². The van der Waals surface area contributed by atoms with Crippen LogP contribution in [0.4, 0.5) is 5.69 Å². The monoisotopic (exact) mass is 201 g/mol. The first-order valence-corrected chi connectivity index (χ1v) is 5.91. The lowest BCUT2D eigenvalue weighted by Gasteiger charge is -2.26. The Kier molecular flexibility index (Phi) is 3.20. The minimum atomic E-state index is 0.661. The van der Waals surface area contributed by atoms with E-state index >= 15 is 0 Å². The highest BCUT2D eigenvalue weighted by Gasteiger charge is 2.22. The Morgan fingerprint density at radius 1 is 1.00 bits per heavy atom. The molecule has 0 aliphatic heterocycles. The third-order valence-corrected chi connectivity index (χ3v) is 3.30. The van der Waals surface area contributed by atoms with Crippen LogP contribution in [0.3, 0.4) is 0 Å². The third-order valence-electron chi connectivity index (χ3n) is 3.30. The van der Waals surface area contributed by atoms with Crippen molar-refractivity contribution in [2.75, 3.05) is 0 Å². The lowest BCUT2D eigenvalue weighted by atomic mass is 9.81. The highest BCUT2D eigenvalue weighted by atomic mass is 14.8. The highest BCUT2D eigenvalue weighted by molar-refractivity contribution is 5.91. The molecule has 0 saturated heterocycles. The van der Waals surface area contributed by atoms with E-state index in [4.69, 9.17) is 4.99 Å². The summed E-state index contributed by atoms with van der Waals surface area (Å²) >= 11 is 0. The van der Waals surface area contributed by atoms with Crippen molar-refractivity contribution in [3.63, 3.8) is 0 Å². The first kappa shape index (κ1) is 10.4. The molecule has 1 nitrogen and oxygen atoms in total. The summed E-state index contributed by atoms with van der Waals surface area (Å²) in [7, 11) is 0. The molecule has 0 aromatic heterocycles. The van der Waals surface area contributed by atoms with E-state index in [1.807, 2.05) is 6.07 Å². The Hall–Kier alpha value is -1.11. The van der Waals surface area contributed by atoms with Gasteiger partial charge in [0.1, 0.15) is 0 Å². The predicted octanol–water partition coefficient (Wildman–Crippen LogP) is 4.22. The number of hydrogen-bond donors (Lipinski definition) is 0. The second-order valence-corrected chi connectivity index (χ2v) is 4.61. The van der Waals surface area contributed by atoms with E-state index in [2.05, 4.69) is 38.1 Å². The van der Waals surface area contributed by atoms with Gasteiger partial charge in [-0.05, 0) is 36.8 Å². The van der Waals surface area contributed by atoms with Gasteiger partial charge >= 0.3 is 0 Å². The maximum atomic E-state index is 4.80. The molecule has 0 bridgehead atoms. The predicted molar refractivity (Wildman–Crippen MR) is 65.7 cm³/mol. The second kappa shape index (κ2) is 4.61. The van der Waals surface area contributed by atoms with Crippen molar-refractivity contribution < 1.29 is 0 Å². The molecule has 15 heavy (non-hydrogen) atoms. The van der Waals surface area contributed by atoms with Gasteiger partial charge in [-0.15, -0.1) is 0 Å². The highest BCUT2D eigenvalue weighted by Crippen LogP contribution is 2.28. The quantitative estimate of drug-likeness (QED) is 0.645. The molecule has 0 radical (unpaired) electrons. The fraction of sp³-hybridized carbons (Fsp3) is 0.500. The van der Waals surface area contributed by atoms with Crippen LogP contribution < -0.4 is 0 Å². The molecule has 0 spiro atoms. The molecule has 1 fully saturated rings. The minimum absolute atomic E-state index is 0.661. The SMILES string of the molecule is CC1CCCC(C)C1=Nc1ccccc1. The van der Waals surface area contributed by atoms with Gasteiger partial charge in [0.05, 0.1) is 5.69 Å². The van der Waals surface area contributed by atoms with Gasteiger partial charge in [0, 0.05) is 5.71 Å². The smallest absolute Gasteiger partial charge is 0.0629 e. The van der Waals surface area contributed by atoms with Gasteiger partial charge in [0.15, 0.2) is 0 Å². The van der Waals surface area contributed by atoms with Crippen LogP contribution in [0.25, 0.3) is 0 Å². The summed E-state index contributed by atoms with van der Waals surface area (Å²) < 4.78 is 0. The van der Waals surface area contributed by atoms with Crippen molar-refractivity contribution in [3.8, 4) is 0 Å². The van der Waals surface area contributed by atoms with Gasteiger partial charge in [-0.3, -0.25) is 4.99 Å². The van der Waals surface area contributed by atoms with Crippen LogP contribution in [0, 0.1) is 11.8 Å². The molecule has 2 atom stereocenters. The van der Waals surface area contributed by atoms with E-state index < -0.39 is 0 Å². The maximum absolute atomic E-state index is 4.80. The molecular formula is C14H19N. The molecule has 0 heterocycles. The summed E-state index contributed by atoms with van der Waals surface area (Å²) in [5.41, 5.74) is 2.50. The third kappa shape index (κ3) is 2.47. The number of aliphatic imine (C=N–C) groups is 1. The Bertz CT molecular complexity index is 328. The number of hydrogen-bond acceptors (Lipinski definition) is 1. The molecule has 0 N–H and O–H groups in total. The molecule has 1 aromatic carbocycles. The van der Waals surface area contributed by atoms with Crippen LogP contribution in [0.5, 0.6) is 0 Å². The summed E-state index contributed by atoms with van der Waals surface area (Å²) in [5.74, 6) is 1.32. The Morgan fingerprint density at radius 2 is 1.60 bits per heavy atom. The Morgan fingerprint density at radius 3 is 2.20 bits per heavy atom. The van der Waals surface area contributed by atoms with Crippen molar-refractivity contribution >= 4 is 11.4 Å². The zero-order chi connectivity index (χ0) is 10.7. The van der Waals surface area contributed by atoms with Gasteiger partial charge < -0.3 is 0 Å². The molecule has 1 aliphatic carbocycles. The Balaban J connectivity index is 2.24. The maximum Gasteiger partial charge on any atom is 0.0629 e. The average Bonchev–Trinajstić information content (AvgIpc) is 2.25. The summed E-state index contributed by atoms with van der Waals surface area (Å²) in [6, 6.07) is 10.3. The van der Waals surface area contributed by atoms with Crippen LogP contribution in [0.1, 0.15) is 33.1 Å². The van der Waals surface area contributed by atoms with Crippen LogP contribution >= 0.6 is 0 Å². The first-order valence-electron chi connectivity index (χ1n) is 5.91. The molecule has 80 valence electrons. The van der Waals surface area contributed by atoms with Gasteiger partial charge in [-0.25, -0.2) is 0 Å². The normalized spacial score (nSPS) is 26.4. The molecule has 2 unspecified atom stereocenters. The van der Waals surface area contributed by atoms with Gasteiger partial charge in [-0.1, -0.05) is 38.5 Å². The molecule has 1 aliphatic rings. The molecular weight excluding hydrogens is 182 g/mol. The number of para-hydroxylation sites is 1. The van der Waals surface area contributed by atoms with Crippen LogP contribution in [-0.2, 0) is 0 Å². The van der Waals surface area contributed by atoms with Crippen molar-refractivity contribution in [2.45, 2.75) is 33.1 Å². The van der Waals surface area contributed by atoms with Crippen LogP contribution in [0.15, 0.2) is 35.3 Å². The molecule has 1 saturated carbocycles. The summed E-state index contributed by atoms with van der Waals surface area (Å²) in [5, 5.41) is 0. The van der Waals surface area contributed by atoms with Crippen molar-refractivity contribution in [2.24, 2.45) is 16.8 Å². The number of nitrogens with zero attached hydrogens (tertiary/aromatic N) is 1. The second-order valence-electron chi connectivity index (χ2n) is 4.61. The Labute approximate surface area is 92.2 Å². The lowest BCUT2D eigenvalue weighted by Crippen LogP contribution is -2.24. The molecule has 1 aromatic rings. The average molecular weight is 201 g/mol. The van der Waals surface area contributed by atoms with Gasteiger partial charge in [-0.2, -0.15) is 0 Å². The van der Waals surface area contributed by atoms with Crippen LogP contribution in [0.2, 0.25) is 0 Å². The fourth-order valence-corrected chi connectivity index (χ4v) is 2.38. The minimum Gasteiger partial charge on any atom is -0.257 e. The van der Waals surface area contributed by atoms with E-state index in [-0.39, 0.29) is 0 Å². The van der Waals surface area contributed by atoms with Crippen LogP contribution in [-0.4, -0.2) is 5.71 Å². The molecule has 2 rings (SSSR count). The number of rotatable bonds is 1. The van der Waals surface area contributed by atoms with E-state index in [1.165, 1.54) is 25.0 Å². The largest absolute Gasteiger partial charge is 0.257 e. The van der Waals surface area contributed by atoms with Crippen molar-refractivity contribution in [1.29, 1.82) is 0 Å². The van der Waals surface area contributed by atoms with E-state index in [1.54, 1.807) is 0 Å². The molecule has 0 amide bonds. The number of benzene rings is 1. The summed E-state index contributed by atoms with van der Waals surface area (Å²) in [6.45, 7) is 4.61. The van der Waals surface area contributed by atoms with E-state index in [0.29, 0.717) is 11.8 Å². The van der Waals surface area contributed by atoms with Gasteiger partial charge in [0.2, 0.25) is 0 Å². The van der Waals surface area contributed by atoms with E-state index in [9.17, 15) is 0 Å². The molecule has 1 heteroatoms.